The second-order valence-electron chi connectivity index (χ2n) is 4.78. The molecule has 0 unspecified atom stereocenters. The van der Waals surface area contributed by atoms with Crippen LogP contribution in [0.15, 0.2) is 18.2 Å². The molecule has 1 rings (SSSR count). The number of carbonyl (C=O) groups is 3. The molecule has 0 atom stereocenters. The summed E-state index contributed by atoms with van der Waals surface area (Å²) in [5.74, 6) is -28.0. The Labute approximate surface area is 160 Å². The molecular formula is C14H9F6IO6. The first-order valence-corrected chi connectivity index (χ1v) is 7.83. The molecule has 0 aliphatic heterocycles. The predicted molar refractivity (Wildman–Crippen MR) is 83.2 cm³/mol. The van der Waals surface area contributed by atoms with Crippen LogP contribution in [0.25, 0.3) is 0 Å². The highest BCUT2D eigenvalue weighted by molar-refractivity contribution is 14.1. The summed E-state index contributed by atoms with van der Waals surface area (Å²) in [7, 11) is 0. The van der Waals surface area contributed by atoms with Gasteiger partial charge in [0.05, 0.1) is 6.61 Å². The summed E-state index contributed by atoms with van der Waals surface area (Å²) in [5, 5.41) is 8.04. The van der Waals surface area contributed by atoms with E-state index < -0.39 is 47.0 Å². The van der Waals surface area contributed by atoms with Crippen LogP contribution in [0.5, 0.6) is 5.75 Å². The Morgan fingerprint density at radius 3 is 2.11 bits per heavy atom. The molecule has 1 aromatic rings. The number of esters is 2. The Bertz CT molecular complexity index is 766. The van der Waals surface area contributed by atoms with Gasteiger partial charge in [-0.1, -0.05) is 0 Å². The average Bonchev–Trinajstić information content (AvgIpc) is 2.55. The van der Waals surface area contributed by atoms with E-state index in [4.69, 9.17) is 5.11 Å². The molecule has 0 fully saturated rings. The zero-order valence-electron chi connectivity index (χ0n) is 13.1. The number of carbonyl (C=O) groups excluding carboxylic acids is 2. The van der Waals surface area contributed by atoms with Gasteiger partial charge in [-0.05, 0) is 47.7 Å². The lowest BCUT2D eigenvalue weighted by molar-refractivity contribution is -0.297. The molecule has 0 amide bonds. The number of hydrogen-bond donors (Lipinski definition) is 1. The maximum absolute atomic E-state index is 13.6. The van der Waals surface area contributed by atoms with E-state index in [0.29, 0.717) is 3.57 Å². The third kappa shape index (κ3) is 4.27. The number of ether oxygens (including phenoxy) is 2. The first-order valence-electron chi connectivity index (χ1n) is 6.76. The highest BCUT2D eigenvalue weighted by Crippen LogP contribution is 2.46. The standard InChI is InChI=1S/C14H9F6IO6/c1-2-26-9(22)7-5-6(21)3-4-8(7)27-11(25)13(17,18)14(19,20)12(15,16)10(23)24/h3-5H,2H2,1H3,(H,23,24). The van der Waals surface area contributed by atoms with Crippen molar-refractivity contribution in [2.75, 3.05) is 6.61 Å². The van der Waals surface area contributed by atoms with Crippen LogP contribution in [0, 0.1) is 3.57 Å². The van der Waals surface area contributed by atoms with Crippen LogP contribution >= 0.6 is 22.6 Å². The van der Waals surface area contributed by atoms with E-state index in [1.165, 1.54) is 6.92 Å². The fourth-order valence-corrected chi connectivity index (χ4v) is 2.07. The number of aliphatic carboxylic acids is 1. The molecule has 150 valence electrons. The molecule has 0 saturated carbocycles. The summed E-state index contributed by atoms with van der Waals surface area (Å²) in [6.07, 6.45) is 0. The molecule has 0 aliphatic rings. The molecule has 1 N–H and O–H groups in total. The van der Waals surface area contributed by atoms with Crippen LogP contribution < -0.4 is 4.74 Å². The van der Waals surface area contributed by atoms with Crippen LogP contribution in [0.4, 0.5) is 26.3 Å². The molecule has 1 aromatic carbocycles. The summed E-state index contributed by atoms with van der Waals surface area (Å²) < 4.78 is 88.8. The molecule has 0 spiro atoms. The van der Waals surface area contributed by atoms with Crippen molar-refractivity contribution in [2.45, 2.75) is 24.7 Å². The van der Waals surface area contributed by atoms with Crippen molar-refractivity contribution in [3.63, 3.8) is 0 Å². The van der Waals surface area contributed by atoms with Crippen molar-refractivity contribution >= 4 is 40.5 Å². The van der Waals surface area contributed by atoms with Gasteiger partial charge in [-0.25, -0.2) is 14.4 Å². The van der Waals surface area contributed by atoms with E-state index >= 15 is 0 Å². The summed E-state index contributed by atoms with van der Waals surface area (Å²) in [6, 6.07) is 2.91. The zero-order chi connectivity index (χ0) is 21.2. The topological polar surface area (TPSA) is 89.9 Å². The molecule has 0 aliphatic carbocycles. The Hall–Kier alpha value is -2.06. The van der Waals surface area contributed by atoms with Gasteiger partial charge in [-0.3, -0.25) is 0 Å². The number of carboxylic acid groups (broad SMARTS) is 1. The zero-order valence-corrected chi connectivity index (χ0v) is 15.2. The van der Waals surface area contributed by atoms with E-state index in [1.807, 2.05) is 0 Å². The van der Waals surface area contributed by atoms with Crippen molar-refractivity contribution in [3.8, 4) is 5.75 Å². The number of halogens is 7. The lowest BCUT2D eigenvalue weighted by Crippen LogP contribution is -2.61. The predicted octanol–water partition coefficient (Wildman–Crippen LogP) is 3.36. The molecule has 0 saturated heterocycles. The van der Waals surface area contributed by atoms with Gasteiger partial charge in [0.15, 0.2) is 0 Å². The number of carboxylic acids is 1. The van der Waals surface area contributed by atoms with Gasteiger partial charge in [0, 0.05) is 3.57 Å². The maximum atomic E-state index is 13.6. The Balaban J connectivity index is 3.29. The van der Waals surface area contributed by atoms with E-state index in [2.05, 4.69) is 9.47 Å². The molecular weight excluding hydrogens is 505 g/mol. The second kappa shape index (κ2) is 7.90. The van der Waals surface area contributed by atoms with Crippen molar-refractivity contribution in [2.24, 2.45) is 0 Å². The fourth-order valence-electron chi connectivity index (χ4n) is 1.58. The molecule has 6 nitrogen and oxygen atoms in total. The van der Waals surface area contributed by atoms with Crippen molar-refractivity contribution < 1.29 is 55.3 Å². The number of benzene rings is 1. The fraction of sp³-hybridized carbons (Fsp3) is 0.357. The minimum Gasteiger partial charge on any atom is -0.477 e. The van der Waals surface area contributed by atoms with Gasteiger partial charge in [0.1, 0.15) is 11.3 Å². The van der Waals surface area contributed by atoms with Crippen LogP contribution in [0.1, 0.15) is 17.3 Å². The van der Waals surface area contributed by atoms with Crippen molar-refractivity contribution in [1.82, 2.24) is 0 Å². The number of rotatable bonds is 7. The molecule has 0 aromatic heterocycles. The summed E-state index contributed by atoms with van der Waals surface area (Å²) >= 11 is 1.68. The van der Waals surface area contributed by atoms with Crippen LogP contribution in [0.3, 0.4) is 0 Å². The summed E-state index contributed by atoms with van der Waals surface area (Å²) in [4.78, 5) is 33.4. The SMILES string of the molecule is CCOC(=O)c1cc(I)ccc1OC(=O)C(F)(F)C(F)(F)C(F)(F)C(=O)O. The third-order valence-electron chi connectivity index (χ3n) is 2.95. The summed E-state index contributed by atoms with van der Waals surface area (Å²) in [5.41, 5.74) is -0.610. The highest BCUT2D eigenvalue weighted by Gasteiger charge is 2.79. The normalized spacial score (nSPS) is 12.4. The lowest BCUT2D eigenvalue weighted by Gasteiger charge is -2.28. The second-order valence-corrected chi connectivity index (χ2v) is 6.02. The minimum atomic E-state index is -6.61. The maximum Gasteiger partial charge on any atom is 0.411 e. The molecule has 0 radical (unpaired) electrons. The Kier molecular flexibility index (Phi) is 6.72. The van der Waals surface area contributed by atoms with Gasteiger partial charge in [-0.15, -0.1) is 0 Å². The van der Waals surface area contributed by atoms with Gasteiger partial charge < -0.3 is 14.6 Å². The minimum absolute atomic E-state index is 0.170. The number of hydrogen-bond acceptors (Lipinski definition) is 5. The Morgan fingerprint density at radius 2 is 1.63 bits per heavy atom. The largest absolute Gasteiger partial charge is 0.477 e. The van der Waals surface area contributed by atoms with Crippen LogP contribution in [-0.2, 0) is 14.3 Å². The molecule has 0 bridgehead atoms. The van der Waals surface area contributed by atoms with Crippen LogP contribution in [0.2, 0.25) is 0 Å². The van der Waals surface area contributed by atoms with Gasteiger partial charge in [-0.2, -0.15) is 26.3 Å². The van der Waals surface area contributed by atoms with Crippen molar-refractivity contribution in [1.29, 1.82) is 0 Å². The van der Waals surface area contributed by atoms with E-state index in [0.717, 1.165) is 18.2 Å². The lowest BCUT2D eigenvalue weighted by atomic mass is 10.0. The smallest absolute Gasteiger partial charge is 0.411 e. The molecule has 27 heavy (non-hydrogen) atoms. The van der Waals surface area contributed by atoms with Crippen molar-refractivity contribution in [3.05, 3.63) is 27.3 Å². The summed E-state index contributed by atoms with van der Waals surface area (Å²) in [6.45, 7) is 1.22. The van der Waals surface area contributed by atoms with Gasteiger partial charge in [0.25, 0.3) is 0 Å². The first-order chi connectivity index (χ1) is 12.2. The average molecular weight is 514 g/mol. The Morgan fingerprint density at radius 1 is 1.07 bits per heavy atom. The third-order valence-corrected chi connectivity index (χ3v) is 3.62. The molecule has 0 heterocycles. The van der Waals surface area contributed by atoms with E-state index in [-0.39, 0.29) is 6.61 Å². The first kappa shape index (κ1) is 23.0. The quantitative estimate of drug-likeness (QED) is 0.260. The van der Waals surface area contributed by atoms with Gasteiger partial charge >= 0.3 is 35.7 Å². The van der Waals surface area contributed by atoms with E-state index in [1.54, 1.807) is 22.6 Å². The highest BCUT2D eigenvalue weighted by atomic mass is 127. The van der Waals surface area contributed by atoms with Gasteiger partial charge in [0.2, 0.25) is 0 Å². The van der Waals surface area contributed by atoms with E-state index in [9.17, 15) is 40.7 Å². The number of alkyl halides is 6. The monoisotopic (exact) mass is 514 g/mol. The molecule has 13 heteroatoms. The van der Waals surface area contributed by atoms with Crippen LogP contribution in [-0.4, -0.2) is 47.4 Å².